The summed E-state index contributed by atoms with van der Waals surface area (Å²) in [5.74, 6) is -3.54. The van der Waals surface area contributed by atoms with Crippen molar-refractivity contribution in [1.29, 1.82) is 0 Å². The van der Waals surface area contributed by atoms with Crippen LogP contribution in [0.3, 0.4) is 0 Å². The van der Waals surface area contributed by atoms with Crippen molar-refractivity contribution in [3.63, 3.8) is 0 Å². The van der Waals surface area contributed by atoms with Crippen LogP contribution < -0.4 is 10.1 Å². The summed E-state index contributed by atoms with van der Waals surface area (Å²) in [6, 6.07) is 4.69. The Hall–Kier alpha value is -3.33. The Balaban J connectivity index is 2.16. The van der Waals surface area contributed by atoms with Gasteiger partial charge in [-0.3, -0.25) is 9.59 Å². The molecule has 1 aliphatic heterocycles. The number of nitrogens with one attached hydrogen (secondary N) is 1. The van der Waals surface area contributed by atoms with E-state index in [1.807, 2.05) is 6.92 Å². The van der Waals surface area contributed by atoms with Crippen LogP contribution >= 0.6 is 0 Å². The Bertz CT molecular complexity index is 1040. The SMILES string of the molecule is CCOc1cc([C@H]2C(C(=O)OCCOC)=C(C)NC3=C2C(=O)[C@@H](C(=O)OC)[C@@H](C)C3)ccc1O. The van der Waals surface area contributed by atoms with E-state index in [9.17, 15) is 19.5 Å². The molecule has 9 nitrogen and oxygen atoms in total. The number of phenols is 1. The molecule has 2 aliphatic rings. The summed E-state index contributed by atoms with van der Waals surface area (Å²) in [7, 11) is 2.75. The van der Waals surface area contributed by atoms with E-state index in [1.54, 1.807) is 26.0 Å². The number of benzene rings is 1. The molecular weight excluding hydrogens is 442 g/mol. The minimum absolute atomic E-state index is 0.0419. The molecule has 2 N–H and O–H groups in total. The third kappa shape index (κ3) is 4.79. The van der Waals surface area contributed by atoms with Gasteiger partial charge < -0.3 is 29.4 Å². The van der Waals surface area contributed by atoms with Gasteiger partial charge in [-0.15, -0.1) is 0 Å². The molecule has 0 amide bonds. The average Bonchev–Trinajstić information content (AvgIpc) is 2.79. The summed E-state index contributed by atoms with van der Waals surface area (Å²) in [5.41, 5.74) is 2.31. The number of ether oxygens (including phenoxy) is 4. The van der Waals surface area contributed by atoms with Crippen molar-refractivity contribution in [2.75, 3.05) is 34.0 Å². The number of ketones is 1. The summed E-state index contributed by atoms with van der Waals surface area (Å²) in [6.45, 7) is 5.93. The first kappa shape index (κ1) is 25.3. The number of hydrogen-bond donors (Lipinski definition) is 2. The Morgan fingerprint density at radius 1 is 1.21 bits per heavy atom. The molecule has 0 bridgehead atoms. The van der Waals surface area contributed by atoms with E-state index in [2.05, 4.69) is 5.32 Å². The molecule has 34 heavy (non-hydrogen) atoms. The molecule has 1 aromatic carbocycles. The minimum atomic E-state index is -0.985. The average molecular weight is 474 g/mol. The lowest BCUT2D eigenvalue weighted by Crippen LogP contribution is -2.43. The smallest absolute Gasteiger partial charge is 0.336 e. The van der Waals surface area contributed by atoms with Crippen molar-refractivity contribution in [1.82, 2.24) is 5.32 Å². The molecule has 1 aromatic rings. The number of allylic oxidation sites excluding steroid dienone is 3. The first-order chi connectivity index (χ1) is 16.2. The maximum Gasteiger partial charge on any atom is 0.336 e. The van der Waals surface area contributed by atoms with Crippen LogP contribution in [0.5, 0.6) is 11.5 Å². The van der Waals surface area contributed by atoms with Crippen LogP contribution in [-0.4, -0.2) is 56.9 Å². The van der Waals surface area contributed by atoms with Gasteiger partial charge in [-0.2, -0.15) is 0 Å². The molecule has 1 heterocycles. The maximum absolute atomic E-state index is 13.7. The van der Waals surface area contributed by atoms with E-state index < -0.39 is 29.6 Å². The van der Waals surface area contributed by atoms with Gasteiger partial charge in [-0.25, -0.2) is 4.79 Å². The molecule has 9 heteroatoms. The molecule has 0 radical (unpaired) electrons. The fraction of sp³-hybridized carbons (Fsp3) is 0.480. The van der Waals surface area contributed by atoms with Gasteiger partial charge in [-0.05, 0) is 43.9 Å². The third-order valence-electron chi connectivity index (χ3n) is 6.10. The fourth-order valence-corrected chi connectivity index (χ4v) is 4.56. The second kappa shape index (κ2) is 10.7. The summed E-state index contributed by atoms with van der Waals surface area (Å²) < 4.78 is 20.8. The number of rotatable bonds is 8. The summed E-state index contributed by atoms with van der Waals surface area (Å²) in [6.07, 6.45) is 0.428. The van der Waals surface area contributed by atoms with Gasteiger partial charge in [0.05, 0.1) is 25.9 Å². The fourth-order valence-electron chi connectivity index (χ4n) is 4.56. The molecule has 184 valence electrons. The normalized spacial score (nSPS) is 22.1. The number of carbonyl (C=O) groups is 3. The van der Waals surface area contributed by atoms with Crippen molar-refractivity contribution in [3.8, 4) is 11.5 Å². The molecule has 0 fully saturated rings. The second-order valence-corrected chi connectivity index (χ2v) is 8.32. The van der Waals surface area contributed by atoms with Crippen molar-refractivity contribution < 1.29 is 38.4 Å². The quantitative estimate of drug-likeness (QED) is 0.333. The van der Waals surface area contributed by atoms with Gasteiger partial charge >= 0.3 is 11.9 Å². The van der Waals surface area contributed by atoms with Crippen molar-refractivity contribution in [2.24, 2.45) is 11.8 Å². The van der Waals surface area contributed by atoms with Crippen molar-refractivity contribution >= 4 is 17.7 Å². The Labute approximate surface area is 198 Å². The van der Waals surface area contributed by atoms with Gasteiger partial charge in [0.1, 0.15) is 12.5 Å². The topological polar surface area (TPSA) is 120 Å². The lowest BCUT2D eigenvalue weighted by molar-refractivity contribution is -0.151. The molecule has 3 atom stereocenters. The first-order valence-electron chi connectivity index (χ1n) is 11.2. The standard InChI is InChI=1S/C25H31NO8/c1-6-33-18-12-15(7-8-17(18)27)21-20(25(30)34-10-9-31-4)14(3)26-16-11-13(2)19(24(29)32-5)23(28)22(16)21/h7-8,12-13,19,21,26-27H,6,9-11H2,1-5H3/t13-,19-,21-/m0/s1. The highest BCUT2D eigenvalue weighted by molar-refractivity contribution is 6.12. The third-order valence-corrected chi connectivity index (χ3v) is 6.10. The van der Waals surface area contributed by atoms with Crippen molar-refractivity contribution in [3.05, 3.63) is 46.3 Å². The highest BCUT2D eigenvalue weighted by Gasteiger charge is 2.47. The Kier molecular flexibility index (Phi) is 7.98. The summed E-state index contributed by atoms with van der Waals surface area (Å²) >= 11 is 0. The Morgan fingerprint density at radius 3 is 2.59 bits per heavy atom. The molecule has 3 rings (SSSR count). The summed E-state index contributed by atoms with van der Waals surface area (Å²) in [5, 5.41) is 13.4. The van der Waals surface area contributed by atoms with Crippen LogP contribution in [0, 0.1) is 11.8 Å². The van der Waals surface area contributed by atoms with Crippen LogP contribution in [0.15, 0.2) is 40.7 Å². The zero-order valence-electron chi connectivity index (χ0n) is 20.1. The molecule has 0 aromatic heterocycles. The first-order valence-corrected chi connectivity index (χ1v) is 11.2. The van der Waals surface area contributed by atoms with Gasteiger partial charge in [0.25, 0.3) is 0 Å². The molecule has 0 saturated heterocycles. The number of hydrogen-bond acceptors (Lipinski definition) is 9. The van der Waals surface area contributed by atoms with Gasteiger partial charge in [0, 0.05) is 30.0 Å². The number of dihydropyridines is 1. The van der Waals surface area contributed by atoms with E-state index in [0.29, 0.717) is 35.6 Å². The zero-order valence-corrected chi connectivity index (χ0v) is 20.1. The molecule has 0 saturated carbocycles. The van der Waals surface area contributed by atoms with E-state index in [1.165, 1.54) is 20.3 Å². The van der Waals surface area contributed by atoms with Crippen LogP contribution in [0.4, 0.5) is 0 Å². The zero-order chi connectivity index (χ0) is 25.0. The number of esters is 2. The highest BCUT2D eigenvalue weighted by atomic mass is 16.6. The van der Waals surface area contributed by atoms with E-state index in [4.69, 9.17) is 18.9 Å². The largest absolute Gasteiger partial charge is 0.504 e. The lowest BCUT2D eigenvalue weighted by Gasteiger charge is -2.38. The predicted molar refractivity (Wildman–Crippen MR) is 122 cm³/mol. The van der Waals surface area contributed by atoms with Gasteiger partial charge in [0.2, 0.25) is 0 Å². The van der Waals surface area contributed by atoms with E-state index in [0.717, 1.165) is 0 Å². The minimum Gasteiger partial charge on any atom is -0.504 e. The Morgan fingerprint density at radius 2 is 1.94 bits per heavy atom. The molecule has 0 unspecified atom stereocenters. The number of methoxy groups -OCH3 is 2. The van der Waals surface area contributed by atoms with E-state index in [-0.39, 0.29) is 36.2 Å². The predicted octanol–water partition coefficient (Wildman–Crippen LogP) is 2.59. The van der Waals surface area contributed by atoms with Gasteiger partial charge in [-0.1, -0.05) is 13.0 Å². The number of phenolic OH excluding ortho intramolecular Hbond substituents is 1. The maximum atomic E-state index is 13.7. The van der Waals surface area contributed by atoms with Crippen LogP contribution in [-0.2, 0) is 28.6 Å². The molecule has 1 aliphatic carbocycles. The van der Waals surface area contributed by atoms with E-state index >= 15 is 0 Å². The number of aromatic hydroxyl groups is 1. The monoisotopic (exact) mass is 473 g/mol. The molecule has 0 spiro atoms. The van der Waals surface area contributed by atoms with Crippen molar-refractivity contribution in [2.45, 2.75) is 33.1 Å². The number of carbonyl (C=O) groups excluding carboxylic acids is 3. The number of Topliss-reactive ketones (excluding diaryl/α,β-unsaturated/α-hetero) is 1. The summed E-state index contributed by atoms with van der Waals surface area (Å²) in [4.78, 5) is 39.4. The highest BCUT2D eigenvalue weighted by Crippen LogP contribution is 2.46. The van der Waals surface area contributed by atoms with Crippen LogP contribution in [0.1, 0.15) is 38.7 Å². The van der Waals surface area contributed by atoms with Gasteiger partial charge in [0.15, 0.2) is 17.3 Å². The van der Waals surface area contributed by atoms with Crippen LogP contribution in [0.2, 0.25) is 0 Å². The molecular formula is C25H31NO8. The van der Waals surface area contributed by atoms with Crippen LogP contribution in [0.25, 0.3) is 0 Å². The second-order valence-electron chi connectivity index (χ2n) is 8.32. The lowest BCUT2D eigenvalue weighted by atomic mass is 9.69.